The molecule has 3 nitrogen and oxygen atoms in total. The summed E-state index contributed by atoms with van der Waals surface area (Å²) in [6, 6.07) is 11.2. The molecule has 0 spiro atoms. The van der Waals surface area contributed by atoms with Gasteiger partial charge >= 0.3 is 5.97 Å². The molecular formula is C34H38F4O3. The summed E-state index contributed by atoms with van der Waals surface area (Å²) in [5.41, 5.74) is 0.712. The van der Waals surface area contributed by atoms with Crippen LogP contribution in [0.25, 0.3) is 11.1 Å². The lowest BCUT2D eigenvalue weighted by Gasteiger charge is -2.27. The lowest BCUT2D eigenvalue weighted by atomic mass is 9.79. The number of hydrogen-bond donors (Lipinski definition) is 0. The smallest absolute Gasteiger partial charge is 0.343 e. The number of halogens is 4. The number of rotatable bonds is 12. The van der Waals surface area contributed by atoms with Crippen molar-refractivity contribution in [1.82, 2.24) is 0 Å². The molecule has 0 bridgehead atoms. The van der Waals surface area contributed by atoms with Crippen LogP contribution >= 0.6 is 0 Å². The SMILES string of the molecule is CCCCCCCCOc1ccc(-c2ccc(C(=O)Oc3ccc(C4CCC(C)CC4)c(F)c3F)cc2)c(F)c1F. The summed E-state index contributed by atoms with van der Waals surface area (Å²) in [7, 11) is 0. The van der Waals surface area contributed by atoms with E-state index in [0.29, 0.717) is 23.7 Å². The van der Waals surface area contributed by atoms with E-state index in [-0.39, 0.29) is 22.8 Å². The molecule has 0 atom stereocenters. The minimum atomic E-state index is -1.19. The average Bonchev–Trinajstić information content (AvgIpc) is 2.98. The van der Waals surface area contributed by atoms with Crippen molar-refractivity contribution in [3.05, 3.63) is 82.9 Å². The standard InChI is InChI=1S/C34H38F4O3/c1-3-4-5-6-7-8-21-40-28-19-17-26(30(35)32(28)37)24-13-15-25(16-14-24)34(39)41-29-20-18-27(31(36)33(29)38)23-11-9-22(2)10-12-23/h13-20,22-23H,3-12,21H2,1-2H3. The van der Waals surface area contributed by atoms with E-state index in [1.165, 1.54) is 55.0 Å². The molecule has 1 saturated carbocycles. The molecule has 41 heavy (non-hydrogen) atoms. The van der Waals surface area contributed by atoms with Crippen LogP contribution in [0, 0.1) is 29.2 Å². The van der Waals surface area contributed by atoms with Gasteiger partial charge in [0.2, 0.25) is 11.6 Å². The number of esters is 1. The predicted octanol–water partition coefficient (Wildman–Crippen LogP) is 10.2. The highest BCUT2D eigenvalue weighted by Crippen LogP contribution is 2.38. The minimum absolute atomic E-state index is 0.00939. The number of benzene rings is 3. The van der Waals surface area contributed by atoms with Crippen molar-refractivity contribution in [3.63, 3.8) is 0 Å². The van der Waals surface area contributed by atoms with Crippen LogP contribution in [0.2, 0.25) is 0 Å². The van der Waals surface area contributed by atoms with E-state index in [9.17, 15) is 22.4 Å². The molecule has 1 fully saturated rings. The molecule has 3 aromatic rings. The maximum Gasteiger partial charge on any atom is 0.343 e. The van der Waals surface area contributed by atoms with Gasteiger partial charge in [-0.05, 0) is 72.6 Å². The Kier molecular flexibility index (Phi) is 10.8. The Hall–Kier alpha value is -3.35. The number of carbonyl (C=O) groups is 1. The van der Waals surface area contributed by atoms with Gasteiger partial charge in [0, 0.05) is 5.56 Å². The summed E-state index contributed by atoms with van der Waals surface area (Å²) in [5.74, 6) is -5.29. The largest absolute Gasteiger partial charge is 0.490 e. The third-order valence-corrected chi connectivity index (χ3v) is 7.97. The van der Waals surface area contributed by atoms with Crippen LogP contribution in [0.3, 0.4) is 0 Å². The van der Waals surface area contributed by atoms with Crippen molar-refractivity contribution in [2.75, 3.05) is 6.61 Å². The number of ether oxygens (including phenoxy) is 2. The zero-order valence-electron chi connectivity index (χ0n) is 23.8. The van der Waals surface area contributed by atoms with Crippen molar-refractivity contribution >= 4 is 5.97 Å². The van der Waals surface area contributed by atoms with Crippen LogP contribution in [0.1, 0.15) is 99.9 Å². The van der Waals surface area contributed by atoms with Crippen LogP contribution < -0.4 is 9.47 Å². The lowest BCUT2D eigenvalue weighted by Crippen LogP contribution is -2.14. The summed E-state index contributed by atoms with van der Waals surface area (Å²) in [4.78, 5) is 12.7. The molecule has 0 unspecified atom stereocenters. The van der Waals surface area contributed by atoms with Gasteiger partial charge in [-0.25, -0.2) is 13.6 Å². The Bertz CT molecular complexity index is 1310. The molecule has 3 aromatic carbocycles. The van der Waals surface area contributed by atoms with E-state index in [0.717, 1.165) is 57.8 Å². The van der Waals surface area contributed by atoms with Crippen molar-refractivity contribution in [1.29, 1.82) is 0 Å². The Balaban J connectivity index is 1.37. The van der Waals surface area contributed by atoms with Crippen molar-refractivity contribution in [3.8, 4) is 22.6 Å². The quantitative estimate of drug-likeness (QED) is 0.0941. The summed E-state index contributed by atoms with van der Waals surface area (Å²) < 4.78 is 69.7. The van der Waals surface area contributed by atoms with Crippen molar-refractivity contribution < 1.29 is 31.8 Å². The second-order valence-electron chi connectivity index (χ2n) is 11.1. The lowest BCUT2D eigenvalue weighted by molar-refractivity contribution is 0.0726. The molecule has 220 valence electrons. The van der Waals surface area contributed by atoms with Crippen LogP contribution in [0.15, 0.2) is 48.5 Å². The Morgan fingerprint density at radius 2 is 1.37 bits per heavy atom. The van der Waals surface area contributed by atoms with Gasteiger partial charge in [0.05, 0.1) is 12.2 Å². The number of carbonyl (C=O) groups excluding carboxylic acids is 1. The van der Waals surface area contributed by atoms with E-state index in [1.54, 1.807) is 0 Å². The molecule has 0 aromatic heterocycles. The fourth-order valence-electron chi connectivity index (χ4n) is 5.39. The molecule has 4 rings (SSSR count). The summed E-state index contributed by atoms with van der Waals surface area (Å²) >= 11 is 0. The number of hydrogen-bond acceptors (Lipinski definition) is 3. The molecule has 0 saturated heterocycles. The Labute approximate surface area is 239 Å². The normalized spacial score (nSPS) is 16.9. The van der Waals surface area contributed by atoms with E-state index >= 15 is 0 Å². The first-order valence-corrected chi connectivity index (χ1v) is 14.7. The highest BCUT2D eigenvalue weighted by Gasteiger charge is 2.26. The van der Waals surface area contributed by atoms with Crippen molar-refractivity contribution in [2.24, 2.45) is 5.92 Å². The maximum atomic E-state index is 14.9. The minimum Gasteiger partial charge on any atom is -0.490 e. The van der Waals surface area contributed by atoms with E-state index in [4.69, 9.17) is 9.47 Å². The van der Waals surface area contributed by atoms with Crippen molar-refractivity contribution in [2.45, 2.75) is 84.0 Å². The Morgan fingerprint density at radius 3 is 2.07 bits per heavy atom. The van der Waals surface area contributed by atoms with Gasteiger partial charge in [-0.1, -0.05) is 77.0 Å². The molecule has 0 radical (unpaired) electrons. The highest BCUT2D eigenvalue weighted by molar-refractivity contribution is 5.91. The molecule has 0 N–H and O–H groups in total. The molecule has 1 aliphatic carbocycles. The number of unbranched alkanes of at least 4 members (excludes halogenated alkanes) is 5. The second-order valence-corrected chi connectivity index (χ2v) is 11.1. The zero-order valence-corrected chi connectivity index (χ0v) is 23.8. The first kappa shape index (κ1) is 30.6. The molecule has 0 amide bonds. The first-order valence-electron chi connectivity index (χ1n) is 14.7. The summed E-state index contributed by atoms with van der Waals surface area (Å²) in [5, 5.41) is 0. The fraction of sp³-hybridized carbons (Fsp3) is 0.441. The third kappa shape index (κ3) is 7.69. The van der Waals surface area contributed by atoms with E-state index in [2.05, 4.69) is 13.8 Å². The average molecular weight is 571 g/mol. The van der Waals surface area contributed by atoms with Gasteiger partial charge in [0.1, 0.15) is 0 Å². The third-order valence-electron chi connectivity index (χ3n) is 7.97. The molecule has 0 aliphatic heterocycles. The van der Waals surface area contributed by atoms with Gasteiger partial charge in [-0.3, -0.25) is 0 Å². The first-order chi connectivity index (χ1) is 19.8. The van der Waals surface area contributed by atoms with Gasteiger partial charge in [0.15, 0.2) is 23.1 Å². The van der Waals surface area contributed by atoms with Crippen LogP contribution in [0.4, 0.5) is 17.6 Å². The van der Waals surface area contributed by atoms with E-state index in [1.807, 2.05) is 0 Å². The summed E-state index contributed by atoms with van der Waals surface area (Å²) in [6.07, 6.45) is 9.87. The predicted molar refractivity (Wildman–Crippen MR) is 152 cm³/mol. The maximum absolute atomic E-state index is 14.9. The van der Waals surface area contributed by atoms with Crippen LogP contribution in [-0.2, 0) is 0 Å². The Morgan fingerprint density at radius 1 is 0.732 bits per heavy atom. The van der Waals surface area contributed by atoms with E-state index < -0.39 is 35.0 Å². The zero-order chi connectivity index (χ0) is 29.4. The molecule has 0 heterocycles. The fourth-order valence-corrected chi connectivity index (χ4v) is 5.39. The van der Waals surface area contributed by atoms with Gasteiger partial charge in [-0.2, -0.15) is 8.78 Å². The van der Waals surface area contributed by atoms with Gasteiger partial charge in [0.25, 0.3) is 0 Å². The van der Waals surface area contributed by atoms with Crippen LogP contribution in [-0.4, -0.2) is 12.6 Å². The second kappa shape index (κ2) is 14.5. The molecule has 1 aliphatic rings. The van der Waals surface area contributed by atoms with Crippen LogP contribution in [0.5, 0.6) is 11.5 Å². The topological polar surface area (TPSA) is 35.5 Å². The molecular weight excluding hydrogens is 532 g/mol. The van der Waals surface area contributed by atoms with Gasteiger partial charge < -0.3 is 9.47 Å². The highest BCUT2D eigenvalue weighted by atomic mass is 19.2. The summed E-state index contributed by atoms with van der Waals surface area (Å²) in [6.45, 7) is 4.61. The van der Waals surface area contributed by atoms with Gasteiger partial charge in [-0.15, -0.1) is 0 Å². The monoisotopic (exact) mass is 570 g/mol. The molecule has 7 heteroatoms.